The maximum atomic E-state index is 12.9. The molecule has 0 radical (unpaired) electrons. The molecule has 0 atom stereocenters. The largest absolute Gasteiger partial charge is 0.334 e. The molecule has 0 aliphatic carbocycles. The SMILES string of the molecule is Cc1ccc(NC(=O)NCc2cccc(F)c2)cn1. The number of anilines is 1. The maximum Gasteiger partial charge on any atom is 0.319 e. The molecular weight excluding hydrogens is 245 g/mol. The van der Waals surface area contributed by atoms with Gasteiger partial charge in [-0.25, -0.2) is 9.18 Å². The summed E-state index contributed by atoms with van der Waals surface area (Å²) >= 11 is 0. The molecule has 0 unspecified atom stereocenters. The van der Waals surface area contributed by atoms with Crippen molar-refractivity contribution >= 4 is 11.7 Å². The first-order valence-corrected chi connectivity index (χ1v) is 5.85. The number of halogens is 1. The van der Waals surface area contributed by atoms with Crippen molar-refractivity contribution < 1.29 is 9.18 Å². The monoisotopic (exact) mass is 259 g/mol. The minimum atomic E-state index is -0.352. The van der Waals surface area contributed by atoms with Gasteiger partial charge in [-0.2, -0.15) is 0 Å². The van der Waals surface area contributed by atoms with E-state index in [4.69, 9.17) is 0 Å². The third-order valence-corrected chi connectivity index (χ3v) is 2.51. The summed E-state index contributed by atoms with van der Waals surface area (Å²) in [5, 5.41) is 5.29. The Morgan fingerprint density at radius 2 is 2.16 bits per heavy atom. The van der Waals surface area contributed by atoms with Crippen molar-refractivity contribution in [2.24, 2.45) is 0 Å². The van der Waals surface area contributed by atoms with E-state index < -0.39 is 0 Å². The molecule has 0 fully saturated rings. The first-order valence-electron chi connectivity index (χ1n) is 5.85. The third-order valence-electron chi connectivity index (χ3n) is 2.51. The first kappa shape index (κ1) is 13.0. The lowest BCUT2D eigenvalue weighted by atomic mass is 10.2. The van der Waals surface area contributed by atoms with E-state index in [1.165, 1.54) is 12.1 Å². The zero-order chi connectivity index (χ0) is 13.7. The van der Waals surface area contributed by atoms with Gasteiger partial charge in [0.1, 0.15) is 5.82 Å². The molecule has 5 heteroatoms. The van der Waals surface area contributed by atoms with E-state index >= 15 is 0 Å². The number of urea groups is 1. The van der Waals surface area contributed by atoms with Gasteiger partial charge in [-0.15, -0.1) is 0 Å². The van der Waals surface area contributed by atoms with Crippen LogP contribution in [0, 0.1) is 12.7 Å². The van der Waals surface area contributed by atoms with Crippen LogP contribution in [0.5, 0.6) is 0 Å². The average molecular weight is 259 g/mol. The number of nitrogens with zero attached hydrogens (tertiary/aromatic N) is 1. The van der Waals surface area contributed by atoms with Gasteiger partial charge in [0.15, 0.2) is 0 Å². The van der Waals surface area contributed by atoms with Crippen LogP contribution in [0.1, 0.15) is 11.3 Å². The Balaban J connectivity index is 1.86. The minimum absolute atomic E-state index is 0.267. The lowest BCUT2D eigenvalue weighted by Gasteiger charge is -2.07. The molecule has 0 aliphatic heterocycles. The van der Waals surface area contributed by atoms with Crippen LogP contribution in [0.4, 0.5) is 14.9 Å². The number of nitrogens with one attached hydrogen (secondary N) is 2. The van der Waals surface area contributed by atoms with Gasteiger partial charge < -0.3 is 10.6 Å². The van der Waals surface area contributed by atoms with Gasteiger partial charge in [0.05, 0.1) is 11.9 Å². The molecule has 2 N–H and O–H groups in total. The van der Waals surface area contributed by atoms with Gasteiger partial charge in [-0.3, -0.25) is 4.98 Å². The number of rotatable bonds is 3. The van der Waals surface area contributed by atoms with Crippen LogP contribution in [0.3, 0.4) is 0 Å². The smallest absolute Gasteiger partial charge is 0.319 e. The van der Waals surface area contributed by atoms with Crippen molar-refractivity contribution in [1.29, 1.82) is 0 Å². The predicted octanol–water partition coefficient (Wildman–Crippen LogP) is 2.85. The molecule has 19 heavy (non-hydrogen) atoms. The highest BCUT2D eigenvalue weighted by Gasteiger charge is 2.02. The van der Waals surface area contributed by atoms with Crippen LogP contribution in [-0.4, -0.2) is 11.0 Å². The Bertz CT molecular complexity index is 569. The molecule has 1 aromatic heterocycles. The third kappa shape index (κ3) is 4.06. The van der Waals surface area contributed by atoms with Crippen molar-refractivity contribution in [3.05, 3.63) is 59.7 Å². The normalized spacial score (nSPS) is 10.0. The standard InChI is InChI=1S/C14H14FN3O/c1-10-5-6-13(9-16-10)18-14(19)17-8-11-3-2-4-12(15)7-11/h2-7,9H,8H2,1H3,(H2,17,18,19). The van der Waals surface area contributed by atoms with Gasteiger partial charge in [0.2, 0.25) is 0 Å². The topological polar surface area (TPSA) is 54.0 Å². The van der Waals surface area contributed by atoms with Crippen LogP contribution in [0.25, 0.3) is 0 Å². The summed E-state index contributed by atoms with van der Waals surface area (Å²) in [4.78, 5) is 15.7. The van der Waals surface area contributed by atoms with Crippen LogP contribution in [-0.2, 0) is 6.54 Å². The lowest BCUT2D eigenvalue weighted by molar-refractivity contribution is 0.251. The molecule has 0 saturated carbocycles. The molecule has 0 spiro atoms. The number of hydrogen-bond donors (Lipinski definition) is 2. The summed E-state index contributed by atoms with van der Waals surface area (Å²) in [5.74, 6) is -0.317. The molecule has 2 amide bonds. The summed E-state index contributed by atoms with van der Waals surface area (Å²) < 4.78 is 12.9. The van der Waals surface area contributed by atoms with Crippen LogP contribution in [0.15, 0.2) is 42.6 Å². The second-order valence-corrected chi connectivity index (χ2v) is 4.13. The average Bonchev–Trinajstić information content (AvgIpc) is 2.39. The second kappa shape index (κ2) is 5.95. The molecule has 0 saturated heterocycles. The van der Waals surface area contributed by atoms with Gasteiger partial charge in [0.25, 0.3) is 0 Å². The van der Waals surface area contributed by atoms with Crippen LogP contribution >= 0.6 is 0 Å². The number of pyridine rings is 1. The number of aryl methyl sites for hydroxylation is 1. The number of carbonyl (C=O) groups excluding carboxylic acids is 1. The highest BCUT2D eigenvalue weighted by molar-refractivity contribution is 5.88. The second-order valence-electron chi connectivity index (χ2n) is 4.13. The van der Waals surface area contributed by atoms with Gasteiger partial charge in [0, 0.05) is 12.2 Å². The fraction of sp³-hybridized carbons (Fsp3) is 0.143. The Kier molecular flexibility index (Phi) is 4.07. The van der Waals surface area contributed by atoms with E-state index in [1.54, 1.807) is 24.4 Å². The van der Waals surface area contributed by atoms with Crippen LogP contribution < -0.4 is 10.6 Å². The van der Waals surface area contributed by atoms with Crippen molar-refractivity contribution in [3.8, 4) is 0 Å². The predicted molar refractivity (Wildman–Crippen MR) is 71.2 cm³/mol. The minimum Gasteiger partial charge on any atom is -0.334 e. The van der Waals surface area contributed by atoms with Crippen molar-refractivity contribution in [1.82, 2.24) is 10.3 Å². The number of benzene rings is 1. The Morgan fingerprint density at radius 1 is 1.32 bits per heavy atom. The molecule has 1 aromatic carbocycles. The Labute approximate surface area is 110 Å². The van der Waals surface area contributed by atoms with Crippen molar-refractivity contribution in [2.45, 2.75) is 13.5 Å². The van der Waals surface area contributed by atoms with E-state index in [-0.39, 0.29) is 18.4 Å². The Morgan fingerprint density at radius 3 is 2.84 bits per heavy atom. The van der Waals surface area contributed by atoms with Crippen LogP contribution in [0.2, 0.25) is 0 Å². The van der Waals surface area contributed by atoms with E-state index in [0.717, 1.165) is 5.69 Å². The maximum absolute atomic E-state index is 12.9. The molecule has 2 rings (SSSR count). The van der Waals surface area contributed by atoms with E-state index in [0.29, 0.717) is 11.3 Å². The summed E-state index contributed by atoms with van der Waals surface area (Å²) in [6, 6.07) is 9.32. The molecule has 2 aromatic rings. The summed E-state index contributed by atoms with van der Waals surface area (Å²) in [5.41, 5.74) is 2.20. The molecule has 0 bridgehead atoms. The fourth-order valence-corrected chi connectivity index (χ4v) is 1.55. The van der Waals surface area contributed by atoms with Crippen molar-refractivity contribution in [2.75, 3.05) is 5.32 Å². The summed E-state index contributed by atoms with van der Waals surface area (Å²) in [7, 11) is 0. The molecular formula is C14H14FN3O. The summed E-state index contributed by atoms with van der Waals surface area (Å²) in [6.07, 6.45) is 1.58. The number of hydrogen-bond acceptors (Lipinski definition) is 2. The lowest BCUT2D eigenvalue weighted by Crippen LogP contribution is -2.28. The van der Waals surface area contributed by atoms with E-state index in [2.05, 4.69) is 15.6 Å². The zero-order valence-electron chi connectivity index (χ0n) is 10.5. The molecule has 98 valence electrons. The molecule has 4 nitrogen and oxygen atoms in total. The Hall–Kier alpha value is -2.43. The zero-order valence-corrected chi connectivity index (χ0v) is 10.5. The molecule has 0 aliphatic rings. The highest BCUT2D eigenvalue weighted by Crippen LogP contribution is 2.06. The van der Waals surface area contributed by atoms with E-state index in [9.17, 15) is 9.18 Å². The van der Waals surface area contributed by atoms with E-state index in [1.807, 2.05) is 13.0 Å². The fourth-order valence-electron chi connectivity index (χ4n) is 1.55. The quantitative estimate of drug-likeness (QED) is 0.890. The van der Waals surface area contributed by atoms with Gasteiger partial charge in [-0.1, -0.05) is 12.1 Å². The number of aromatic nitrogens is 1. The number of carbonyl (C=O) groups is 1. The van der Waals surface area contributed by atoms with Gasteiger partial charge in [-0.05, 0) is 36.8 Å². The summed E-state index contributed by atoms with van der Waals surface area (Å²) in [6.45, 7) is 2.14. The van der Waals surface area contributed by atoms with Gasteiger partial charge >= 0.3 is 6.03 Å². The number of amides is 2. The van der Waals surface area contributed by atoms with Crippen molar-refractivity contribution in [3.63, 3.8) is 0 Å². The highest BCUT2D eigenvalue weighted by atomic mass is 19.1. The molecule has 1 heterocycles. The first-order chi connectivity index (χ1) is 9.13.